The summed E-state index contributed by atoms with van der Waals surface area (Å²) in [5, 5.41) is 6.60. The summed E-state index contributed by atoms with van der Waals surface area (Å²) < 4.78 is 0. The van der Waals surface area contributed by atoms with E-state index in [2.05, 4.69) is 26.5 Å². The van der Waals surface area contributed by atoms with E-state index in [1.54, 1.807) is 0 Å². The standard InChI is InChI=1S/C20H25ClN4O/c1-16-5-2-3-8-19(16)23-20(26)22-9-10-24-11-13-25(14-12-24)18-7-4-6-17(21)15-18/h2-8,15H,9-14H2,1H3,(H2,22,23,26). The Balaban J connectivity index is 1.37. The minimum Gasteiger partial charge on any atom is -0.369 e. The van der Waals surface area contributed by atoms with Gasteiger partial charge in [0.15, 0.2) is 0 Å². The van der Waals surface area contributed by atoms with Crippen LogP contribution in [0.1, 0.15) is 5.56 Å². The zero-order valence-electron chi connectivity index (χ0n) is 15.0. The van der Waals surface area contributed by atoms with Gasteiger partial charge in [-0.05, 0) is 36.8 Å². The molecule has 6 heteroatoms. The molecule has 26 heavy (non-hydrogen) atoms. The van der Waals surface area contributed by atoms with Gasteiger partial charge in [-0.3, -0.25) is 4.90 Å². The third-order valence-electron chi connectivity index (χ3n) is 4.65. The Morgan fingerprint density at radius 2 is 1.85 bits per heavy atom. The maximum absolute atomic E-state index is 12.0. The number of rotatable bonds is 5. The van der Waals surface area contributed by atoms with Crippen LogP contribution in [0.25, 0.3) is 0 Å². The monoisotopic (exact) mass is 372 g/mol. The second kappa shape index (κ2) is 8.92. The van der Waals surface area contributed by atoms with Crippen LogP contribution in [0.2, 0.25) is 5.02 Å². The number of nitrogens with zero attached hydrogens (tertiary/aromatic N) is 2. The van der Waals surface area contributed by atoms with Gasteiger partial charge in [-0.1, -0.05) is 35.9 Å². The van der Waals surface area contributed by atoms with Crippen LogP contribution in [0, 0.1) is 6.92 Å². The lowest BCUT2D eigenvalue weighted by Crippen LogP contribution is -2.48. The molecule has 0 spiro atoms. The molecule has 1 heterocycles. The Kier molecular flexibility index (Phi) is 6.36. The maximum Gasteiger partial charge on any atom is 0.319 e. The summed E-state index contributed by atoms with van der Waals surface area (Å²) >= 11 is 6.08. The van der Waals surface area contributed by atoms with E-state index in [4.69, 9.17) is 11.6 Å². The van der Waals surface area contributed by atoms with Gasteiger partial charge >= 0.3 is 6.03 Å². The molecule has 138 valence electrons. The minimum atomic E-state index is -0.156. The summed E-state index contributed by atoms with van der Waals surface area (Å²) in [7, 11) is 0. The number of halogens is 1. The first-order valence-corrected chi connectivity index (χ1v) is 9.33. The van der Waals surface area contributed by atoms with Gasteiger partial charge in [0.1, 0.15) is 0 Å². The Labute approximate surface area is 159 Å². The lowest BCUT2D eigenvalue weighted by atomic mass is 10.2. The number of hydrogen-bond acceptors (Lipinski definition) is 3. The molecule has 0 aromatic heterocycles. The molecule has 1 aliphatic heterocycles. The molecular weight excluding hydrogens is 348 g/mol. The molecule has 0 bridgehead atoms. The van der Waals surface area contributed by atoms with Crippen molar-refractivity contribution < 1.29 is 4.79 Å². The number of piperazine rings is 1. The van der Waals surface area contributed by atoms with Crippen LogP contribution in [-0.4, -0.2) is 50.2 Å². The van der Waals surface area contributed by atoms with E-state index >= 15 is 0 Å². The molecule has 5 nitrogen and oxygen atoms in total. The van der Waals surface area contributed by atoms with E-state index in [1.165, 1.54) is 5.69 Å². The van der Waals surface area contributed by atoms with Gasteiger partial charge in [-0.2, -0.15) is 0 Å². The number of anilines is 2. The van der Waals surface area contributed by atoms with E-state index in [0.29, 0.717) is 6.54 Å². The number of aryl methyl sites for hydroxylation is 1. The Bertz CT molecular complexity index is 744. The number of amides is 2. The molecule has 2 aromatic carbocycles. The molecule has 0 atom stereocenters. The molecule has 0 unspecified atom stereocenters. The topological polar surface area (TPSA) is 47.6 Å². The van der Waals surface area contributed by atoms with E-state index in [0.717, 1.165) is 49.0 Å². The van der Waals surface area contributed by atoms with Crippen molar-refractivity contribution in [1.82, 2.24) is 10.2 Å². The number of hydrogen-bond donors (Lipinski definition) is 2. The first kappa shape index (κ1) is 18.5. The number of benzene rings is 2. The Morgan fingerprint density at radius 3 is 2.58 bits per heavy atom. The zero-order chi connectivity index (χ0) is 18.4. The molecule has 0 radical (unpaired) electrons. The zero-order valence-corrected chi connectivity index (χ0v) is 15.8. The van der Waals surface area contributed by atoms with Crippen LogP contribution in [0.15, 0.2) is 48.5 Å². The summed E-state index contributed by atoms with van der Waals surface area (Å²) in [6, 6.07) is 15.6. The predicted octanol–water partition coefficient (Wildman–Crippen LogP) is 3.59. The summed E-state index contributed by atoms with van der Waals surface area (Å²) in [5.74, 6) is 0. The minimum absolute atomic E-state index is 0.156. The van der Waals surface area contributed by atoms with Crippen molar-refractivity contribution in [2.45, 2.75) is 6.92 Å². The summed E-state index contributed by atoms with van der Waals surface area (Å²) in [6.07, 6.45) is 0. The number of carbonyl (C=O) groups is 1. The van der Waals surface area contributed by atoms with Crippen molar-refractivity contribution in [1.29, 1.82) is 0 Å². The smallest absolute Gasteiger partial charge is 0.319 e. The molecular formula is C20H25ClN4O. The fourth-order valence-corrected chi connectivity index (χ4v) is 3.29. The number of urea groups is 1. The fourth-order valence-electron chi connectivity index (χ4n) is 3.11. The Morgan fingerprint density at radius 1 is 1.08 bits per heavy atom. The van der Waals surface area contributed by atoms with E-state index < -0.39 is 0 Å². The van der Waals surface area contributed by atoms with Gasteiger partial charge in [0.2, 0.25) is 0 Å². The van der Waals surface area contributed by atoms with Gasteiger partial charge in [0.25, 0.3) is 0 Å². The van der Waals surface area contributed by atoms with Crippen molar-refractivity contribution in [2.75, 3.05) is 49.5 Å². The van der Waals surface area contributed by atoms with Gasteiger partial charge < -0.3 is 15.5 Å². The highest BCUT2D eigenvalue weighted by Gasteiger charge is 2.17. The normalized spacial score (nSPS) is 14.9. The lowest BCUT2D eigenvalue weighted by molar-refractivity contribution is 0.240. The van der Waals surface area contributed by atoms with Crippen LogP contribution < -0.4 is 15.5 Å². The summed E-state index contributed by atoms with van der Waals surface area (Å²) in [6.45, 7) is 7.36. The summed E-state index contributed by atoms with van der Waals surface area (Å²) in [4.78, 5) is 16.7. The van der Waals surface area contributed by atoms with Crippen LogP contribution in [0.4, 0.5) is 16.2 Å². The molecule has 2 amide bonds. The molecule has 2 N–H and O–H groups in total. The quantitative estimate of drug-likeness (QED) is 0.843. The number of carbonyl (C=O) groups excluding carboxylic acids is 1. The van der Waals surface area contributed by atoms with Gasteiger partial charge in [-0.15, -0.1) is 0 Å². The van der Waals surface area contributed by atoms with E-state index in [-0.39, 0.29) is 6.03 Å². The van der Waals surface area contributed by atoms with Crippen molar-refractivity contribution >= 4 is 29.0 Å². The molecule has 3 rings (SSSR count). The van der Waals surface area contributed by atoms with Crippen molar-refractivity contribution in [2.24, 2.45) is 0 Å². The summed E-state index contributed by atoms with van der Waals surface area (Å²) in [5.41, 5.74) is 3.08. The average Bonchev–Trinajstić information content (AvgIpc) is 2.64. The fraction of sp³-hybridized carbons (Fsp3) is 0.350. The molecule has 1 saturated heterocycles. The van der Waals surface area contributed by atoms with Crippen LogP contribution in [0.3, 0.4) is 0 Å². The molecule has 0 aliphatic carbocycles. The maximum atomic E-state index is 12.0. The Hall–Kier alpha value is -2.24. The third-order valence-corrected chi connectivity index (χ3v) is 4.89. The first-order chi connectivity index (χ1) is 12.6. The second-order valence-electron chi connectivity index (χ2n) is 6.50. The second-order valence-corrected chi connectivity index (χ2v) is 6.94. The number of para-hydroxylation sites is 1. The molecule has 2 aromatic rings. The van der Waals surface area contributed by atoms with Gasteiger partial charge in [0, 0.05) is 55.7 Å². The van der Waals surface area contributed by atoms with E-state index in [1.807, 2.05) is 49.4 Å². The van der Waals surface area contributed by atoms with Gasteiger partial charge in [0.05, 0.1) is 0 Å². The highest BCUT2D eigenvalue weighted by Crippen LogP contribution is 2.20. The largest absolute Gasteiger partial charge is 0.369 e. The van der Waals surface area contributed by atoms with Crippen molar-refractivity contribution in [3.8, 4) is 0 Å². The van der Waals surface area contributed by atoms with Crippen LogP contribution in [0.5, 0.6) is 0 Å². The lowest BCUT2D eigenvalue weighted by Gasteiger charge is -2.36. The van der Waals surface area contributed by atoms with E-state index in [9.17, 15) is 4.79 Å². The van der Waals surface area contributed by atoms with Crippen LogP contribution in [-0.2, 0) is 0 Å². The number of nitrogens with one attached hydrogen (secondary N) is 2. The predicted molar refractivity (Wildman–Crippen MR) is 108 cm³/mol. The molecule has 1 aliphatic rings. The third kappa shape index (κ3) is 5.13. The van der Waals surface area contributed by atoms with Crippen molar-refractivity contribution in [3.63, 3.8) is 0 Å². The highest BCUT2D eigenvalue weighted by atomic mass is 35.5. The van der Waals surface area contributed by atoms with Gasteiger partial charge in [-0.25, -0.2) is 4.79 Å². The first-order valence-electron chi connectivity index (χ1n) is 8.95. The SMILES string of the molecule is Cc1ccccc1NC(=O)NCCN1CCN(c2cccc(Cl)c2)CC1. The average molecular weight is 373 g/mol. The van der Waals surface area contributed by atoms with Crippen molar-refractivity contribution in [3.05, 3.63) is 59.1 Å². The molecule has 1 fully saturated rings. The van der Waals surface area contributed by atoms with Crippen LogP contribution >= 0.6 is 11.6 Å². The highest BCUT2D eigenvalue weighted by molar-refractivity contribution is 6.30. The molecule has 0 saturated carbocycles.